The highest BCUT2D eigenvalue weighted by atomic mass is 32.1. The maximum atomic E-state index is 4.92. The zero-order valence-corrected chi connectivity index (χ0v) is 6.97. The van der Waals surface area contributed by atoms with Crippen molar-refractivity contribution in [1.82, 2.24) is 5.32 Å². The average molecular weight is 161 g/mol. The van der Waals surface area contributed by atoms with Crippen molar-refractivity contribution in [2.45, 2.75) is 25.3 Å². The molecule has 0 amide bonds. The van der Waals surface area contributed by atoms with Crippen LogP contribution in [0.4, 0.5) is 0 Å². The second-order valence-corrected chi connectivity index (χ2v) is 3.56. The molecular weight excluding hydrogens is 150 g/mol. The number of thiocarbonyl (C=S) groups is 1. The smallest absolute Gasteiger partial charge is 0.0618 e. The third-order valence-electron chi connectivity index (χ3n) is 1.61. The second kappa shape index (κ2) is 3.54. The lowest BCUT2D eigenvalue weighted by atomic mass is 10.1. The van der Waals surface area contributed by atoms with Crippen molar-refractivity contribution in [1.29, 1.82) is 0 Å². The number of piperidine rings is 1. The lowest BCUT2D eigenvalue weighted by Gasteiger charge is -2.21. The Bertz CT molecular complexity index is 108. The fraction of sp³-hybridized carbons (Fsp3) is 0.833. The highest BCUT2D eigenvalue weighted by Crippen LogP contribution is 2.09. The Morgan fingerprint density at radius 1 is 1.56 bits per heavy atom. The first-order valence-electron chi connectivity index (χ1n) is 3.27. The minimum atomic E-state index is 0.400. The summed E-state index contributed by atoms with van der Waals surface area (Å²) in [5.74, 6) is 0. The van der Waals surface area contributed by atoms with Gasteiger partial charge in [0.1, 0.15) is 0 Å². The summed E-state index contributed by atoms with van der Waals surface area (Å²) in [6.07, 6.45) is 3.74. The van der Waals surface area contributed by atoms with Gasteiger partial charge in [0, 0.05) is 6.04 Å². The van der Waals surface area contributed by atoms with Gasteiger partial charge in [-0.1, -0.05) is 18.6 Å². The van der Waals surface area contributed by atoms with Crippen LogP contribution in [-0.4, -0.2) is 16.8 Å². The van der Waals surface area contributed by atoms with E-state index in [1.54, 1.807) is 0 Å². The second-order valence-electron chi connectivity index (χ2n) is 2.34. The van der Waals surface area contributed by atoms with Crippen LogP contribution in [0, 0.1) is 0 Å². The van der Waals surface area contributed by atoms with Crippen LogP contribution in [0.15, 0.2) is 0 Å². The van der Waals surface area contributed by atoms with Gasteiger partial charge in [-0.2, -0.15) is 0 Å². The van der Waals surface area contributed by atoms with Crippen LogP contribution < -0.4 is 5.32 Å². The Morgan fingerprint density at radius 3 is 2.67 bits per heavy atom. The van der Waals surface area contributed by atoms with E-state index in [1.807, 2.05) is 0 Å². The summed E-state index contributed by atoms with van der Waals surface area (Å²) < 4.78 is 0.815. The molecule has 0 radical (unpaired) electrons. The Kier molecular flexibility index (Phi) is 2.95. The first-order valence-corrected chi connectivity index (χ1v) is 4.12. The fourth-order valence-electron chi connectivity index (χ4n) is 1.06. The number of nitrogens with one attached hydrogen (secondary N) is 1. The van der Waals surface area contributed by atoms with Crippen molar-refractivity contribution in [3.63, 3.8) is 0 Å². The van der Waals surface area contributed by atoms with Crippen molar-refractivity contribution in [3.8, 4) is 0 Å². The minimum Gasteiger partial charge on any atom is -0.309 e. The molecule has 0 bridgehead atoms. The van der Waals surface area contributed by atoms with Crippen molar-refractivity contribution in [2.75, 3.05) is 6.54 Å². The van der Waals surface area contributed by atoms with E-state index in [1.165, 1.54) is 19.3 Å². The molecule has 1 rings (SSSR count). The molecule has 9 heavy (non-hydrogen) atoms. The molecule has 52 valence electrons. The zero-order chi connectivity index (χ0) is 6.69. The molecule has 0 aliphatic carbocycles. The molecule has 1 aliphatic heterocycles. The number of thiol groups is 1. The quantitative estimate of drug-likeness (QED) is 0.445. The SMILES string of the molecule is S=C(S)C1CCCCN1. The van der Waals surface area contributed by atoms with Crippen molar-refractivity contribution in [3.05, 3.63) is 0 Å². The van der Waals surface area contributed by atoms with Gasteiger partial charge < -0.3 is 5.32 Å². The largest absolute Gasteiger partial charge is 0.309 e. The molecule has 0 aromatic heterocycles. The third kappa shape index (κ3) is 2.24. The van der Waals surface area contributed by atoms with E-state index in [-0.39, 0.29) is 0 Å². The molecular formula is C6H11NS2. The molecule has 1 fully saturated rings. The van der Waals surface area contributed by atoms with E-state index in [9.17, 15) is 0 Å². The van der Waals surface area contributed by atoms with Gasteiger partial charge in [-0.25, -0.2) is 0 Å². The molecule has 0 spiro atoms. The maximum absolute atomic E-state index is 4.92. The Hall–Kier alpha value is 0.400. The van der Waals surface area contributed by atoms with Gasteiger partial charge in [0.2, 0.25) is 0 Å². The van der Waals surface area contributed by atoms with E-state index in [0.717, 1.165) is 10.7 Å². The first kappa shape index (κ1) is 7.51. The molecule has 1 N–H and O–H groups in total. The molecule has 1 unspecified atom stereocenters. The fourth-order valence-corrected chi connectivity index (χ4v) is 1.48. The van der Waals surface area contributed by atoms with Crippen LogP contribution in [0.5, 0.6) is 0 Å². The minimum absolute atomic E-state index is 0.400. The summed E-state index contributed by atoms with van der Waals surface area (Å²) in [4.78, 5) is 0. The zero-order valence-electron chi connectivity index (χ0n) is 5.26. The molecule has 0 aromatic carbocycles. The van der Waals surface area contributed by atoms with E-state index in [2.05, 4.69) is 17.9 Å². The van der Waals surface area contributed by atoms with Crippen LogP contribution in [0.25, 0.3) is 0 Å². The number of rotatable bonds is 1. The predicted molar refractivity (Wildman–Crippen MR) is 47.2 cm³/mol. The summed E-state index contributed by atoms with van der Waals surface area (Å²) in [5, 5.41) is 3.30. The lowest BCUT2D eigenvalue weighted by molar-refractivity contribution is 0.477. The molecule has 0 aromatic rings. The van der Waals surface area contributed by atoms with Crippen molar-refractivity contribution in [2.24, 2.45) is 0 Å². The molecule has 1 saturated heterocycles. The highest BCUT2D eigenvalue weighted by Gasteiger charge is 2.13. The molecule has 3 heteroatoms. The Morgan fingerprint density at radius 2 is 2.33 bits per heavy atom. The van der Waals surface area contributed by atoms with Gasteiger partial charge in [0.25, 0.3) is 0 Å². The van der Waals surface area contributed by atoms with Gasteiger partial charge >= 0.3 is 0 Å². The van der Waals surface area contributed by atoms with Crippen LogP contribution in [0.3, 0.4) is 0 Å². The first-order chi connectivity index (χ1) is 4.30. The predicted octanol–water partition coefficient (Wildman–Crippen LogP) is 1.39. The van der Waals surface area contributed by atoms with Crippen LogP contribution in [-0.2, 0) is 0 Å². The third-order valence-corrected chi connectivity index (χ3v) is 2.20. The van der Waals surface area contributed by atoms with E-state index >= 15 is 0 Å². The van der Waals surface area contributed by atoms with E-state index in [0.29, 0.717) is 6.04 Å². The molecule has 1 aliphatic rings. The summed E-state index contributed by atoms with van der Waals surface area (Å²) >= 11 is 9.03. The summed E-state index contributed by atoms with van der Waals surface area (Å²) in [6, 6.07) is 0.400. The van der Waals surface area contributed by atoms with Crippen molar-refractivity contribution >= 4 is 29.0 Å². The normalized spacial score (nSPS) is 27.9. The molecule has 1 atom stereocenters. The van der Waals surface area contributed by atoms with Gasteiger partial charge in [-0.3, -0.25) is 0 Å². The van der Waals surface area contributed by atoms with E-state index in [4.69, 9.17) is 12.2 Å². The van der Waals surface area contributed by atoms with Crippen LogP contribution in [0.2, 0.25) is 0 Å². The van der Waals surface area contributed by atoms with E-state index < -0.39 is 0 Å². The number of hydrogen-bond donors (Lipinski definition) is 2. The molecule has 0 saturated carbocycles. The Labute approximate surface area is 66.6 Å². The monoisotopic (exact) mass is 161 g/mol. The lowest BCUT2D eigenvalue weighted by Crippen LogP contribution is -2.37. The van der Waals surface area contributed by atoms with Crippen LogP contribution >= 0.6 is 24.8 Å². The molecule has 1 nitrogen and oxygen atoms in total. The topological polar surface area (TPSA) is 12.0 Å². The van der Waals surface area contributed by atoms with Crippen LogP contribution in [0.1, 0.15) is 19.3 Å². The number of hydrogen-bond acceptors (Lipinski definition) is 2. The van der Waals surface area contributed by atoms with Gasteiger partial charge in [0.05, 0.1) is 4.20 Å². The maximum Gasteiger partial charge on any atom is 0.0618 e. The average Bonchev–Trinajstić information content (AvgIpc) is 1.90. The summed E-state index contributed by atoms with van der Waals surface area (Å²) in [7, 11) is 0. The van der Waals surface area contributed by atoms with Crippen molar-refractivity contribution < 1.29 is 0 Å². The Balaban J connectivity index is 2.31. The van der Waals surface area contributed by atoms with Gasteiger partial charge in [-0.05, 0) is 19.4 Å². The summed E-state index contributed by atoms with van der Waals surface area (Å²) in [6.45, 7) is 1.10. The molecule has 1 heterocycles. The standard InChI is InChI=1S/C6H11NS2/c8-6(9)5-3-1-2-4-7-5/h5,7H,1-4H2,(H,8,9). The summed E-state index contributed by atoms with van der Waals surface area (Å²) in [5.41, 5.74) is 0. The van der Waals surface area contributed by atoms with Gasteiger partial charge in [0.15, 0.2) is 0 Å². The highest BCUT2D eigenvalue weighted by molar-refractivity contribution is 8.11. The van der Waals surface area contributed by atoms with Gasteiger partial charge in [-0.15, -0.1) is 12.6 Å².